The maximum absolute atomic E-state index is 2.48. The summed E-state index contributed by atoms with van der Waals surface area (Å²) in [7, 11) is 0. The van der Waals surface area contributed by atoms with Gasteiger partial charge in [0.2, 0.25) is 0 Å². The number of hydrogen-bond acceptors (Lipinski definition) is 3. The van der Waals surface area contributed by atoms with Gasteiger partial charge >= 0.3 is 0 Å². The Kier molecular flexibility index (Phi) is 7.99. The average molecular weight is 825 g/mol. The second kappa shape index (κ2) is 14.0. The van der Waals surface area contributed by atoms with Crippen LogP contribution in [-0.2, 0) is 0 Å². The number of para-hydroxylation sites is 2. The van der Waals surface area contributed by atoms with Crippen LogP contribution in [0, 0.1) is 0 Å². The fraction of sp³-hybridized carbons (Fsp3) is 0. The van der Waals surface area contributed by atoms with E-state index in [1.807, 2.05) is 22.7 Å². The number of aromatic nitrogens is 1. The third kappa shape index (κ3) is 5.54. The number of benzene rings is 10. The molecule has 0 unspecified atom stereocenters. The minimum Gasteiger partial charge on any atom is -0.309 e. The van der Waals surface area contributed by atoms with Crippen molar-refractivity contribution in [3.8, 4) is 27.9 Å². The Labute approximate surface area is 366 Å². The maximum Gasteiger partial charge on any atom is 0.0646 e. The van der Waals surface area contributed by atoms with Crippen LogP contribution in [0.5, 0.6) is 0 Å². The Bertz CT molecular complexity index is 3860. The van der Waals surface area contributed by atoms with Crippen LogP contribution in [-0.4, -0.2) is 4.57 Å². The lowest BCUT2D eigenvalue weighted by atomic mass is 10.0. The summed E-state index contributed by atoms with van der Waals surface area (Å²) in [4.78, 5) is 2.48. The molecule has 0 aliphatic rings. The quantitative estimate of drug-likeness (QED) is 0.162. The molecular weight excluding hydrogens is 789 g/mol. The average Bonchev–Trinajstić information content (AvgIpc) is 4.02. The molecule has 0 spiro atoms. The van der Waals surface area contributed by atoms with Crippen LogP contribution >= 0.6 is 22.7 Å². The summed E-state index contributed by atoms with van der Waals surface area (Å²) in [6.07, 6.45) is 0. The van der Waals surface area contributed by atoms with Gasteiger partial charge in [-0.25, -0.2) is 0 Å². The van der Waals surface area contributed by atoms with Crippen molar-refractivity contribution < 1.29 is 0 Å². The molecule has 0 aliphatic carbocycles. The molecule has 290 valence electrons. The van der Waals surface area contributed by atoms with Crippen molar-refractivity contribution in [2.24, 2.45) is 0 Å². The predicted octanol–water partition coefficient (Wildman–Crippen LogP) is 17.5. The lowest BCUT2D eigenvalue weighted by molar-refractivity contribution is 1.18. The van der Waals surface area contributed by atoms with Crippen LogP contribution in [0.25, 0.3) is 101 Å². The molecule has 0 bridgehead atoms. The van der Waals surface area contributed by atoms with Gasteiger partial charge in [0.05, 0.1) is 21.4 Å². The van der Waals surface area contributed by atoms with E-state index in [1.54, 1.807) is 0 Å². The fourth-order valence-corrected chi connectivity index (χ4v) is 12.0. The molecule has 0 fully saturated rings. The van der Waals surface area contributed by atoms with E-state index in [0.29, 0.717) is 0 Å². The van der Waals surface area contributed by atoms with E-state index in [2.05, 4.69) is 228 Å². The molecule has 0 N–H and O–H groups in total. The van der Waals surface area contributed by atoms with Gasteiger partial charge in [0.25, 0.3) is 0 Å². The Morgan fingerprint density at radius 3 is 1.82 bits per heavy atom. The van der Waals surface area contributed by atoms with Crippen molar-refractivity contribution in [1.29, 1.82) is 0 Å². The summed E-state index contributed by atoms with van der Waals surface area (Å²) in [5.74, 6) is 0. The third-order valence-electron chi connectivity index (χ3n) is 12.6. The molecule has 4 heteroatoms. The molecule has 2 nitrogen and oxygen atoms in total. The zero-order valence-electron chi connectivity index (χ0n) is 33.5. The highest BCUT2D eigenvalue weighted by Gasteiger charge is 2.22. The molecule has 0 saturated heterocycles. The highest BCUT2D eigenvalue weighted by Crippen LogP contribution is 2.49. The first-order valence-corrected chi connectivity index (χ1v) is 22.7. The molecule has 10 aromatic carbocycles. The third-order valence-corrected chi connectivity index (χ3v) is 14.9. The summed E-state index contributed by atoms with van der Waals surface area (Å²) in [6, 6.07) is 80.3. The molecule has 3 aromatic heterocycles. The second-order valence-electron chi connectivity index (χ2n) is 16.1. The summed E-state index contributed by atoms with van der Waals surface area (Å²) >= 11 is 3.76. The summed E-state index contributed by atoms with van der Waals surface area (Å²) in [5.41, 5.74) is 11.9. The van der Waals surface area contributed by atoms with Crippen molar-refractivity contribution in [3.05, 3.63) is 218 Å². The van der Waals surface area contributed by atoms with Crippen molar-refractivity contribution in [1.82, 2.24) is 4.57 Å². The molecule has 3 heterocycles. The number of nitrogens with zero attached hydrogens (tertiary/aromatic N) is 2. The van der Waals surface area contributed by atoms with Crippen LogP contribution in [0.2, 0.25) is 0 Å². The number of thiophene rings is 2. The monoisotopic (exact) mass is 824 g/mol. The summed E-state index contributed by atoms with van der Waals surface area (Å²) in [5, 5.41) is 10.2. The van der Waals surface area contributed by atoms with E-state index in [0.717, 1.165) is 11.4 Å². The highest BCUT2D eigenvalue weighted by atomic mass is 32.1. The molecule has 62 heavy (non-hydrogen) atoms. The lowest BCUT2D eigenvalue weighted by Gasteiger charge is -2.27. The predicted molar refractivity (Wildman–Crippen MR) is 270 cm³/mol. The Balaban J connectivity index is 0.972. The zero-order valence-corrected chi connectivity index (χ0v) is 35.1. The Hall–Kier alpha value is -7.50. The smallest absolute Gasteiger partial charge is 0.0646 e. The first-order valence-electron chi connectivity index (χ1n) is 21.1. The molecule has 0 radical (unpaired) electrons. The van der Waals surface area contributed by atoms with E-state index >= 15 is 0 Å². The molecule has 0 amide bonds. The molecule has 13 rings (SSSR count). The molecule has 0 saturated carbocycles. The fourth-order valence-electron chi connectivity index (χ4n) is 9.68. The van der Waals surface area contributed by atoms with Gasteiger partial charge in [-0.2, -0.15) is 0 Å². The first kappa shape index (κ1) is 35.3. The summed E-state index contributed by atoms with van der Waals surface area (Å²) < 4.78 is 7.55. The minimum atomic E-state index is 1.13. The van der Waals surface area contributed by atoms with Gasteiger partial charge in [-0.05, 0) is 112 Å². The van der Waals surface area contributed by atoms with Gasteiger partial charge in [-0.1, -0.05) is 140 Å². The van der Waals surface area contributed by atoms with Gasteiger partial charge in [0, 0.05) is 63.5 Å². The Morgan fingerprint density at radius 1 is 0.339 bits per heavy atom. The number of rotatable bonds is 6. The maximum atomic E-state index is 2.48. The Morgan fingerprint density at radius 2 is 0.968 bits per heavy atom. The van der Waals surface area contributed by atoms with Crippen LogP contribution in [0.15, 0.2) is 218 Å². The van der Waals surface area contributed by atoms with Gasteiger partial charge in [0.1, 0.15) is 0 Å². The zero-order chi connectivity index (χ0) is 40.7. The van der Waals surface area contributed by atoms with Gasteiger partial charge in [0.15, 0.2) is 0 Å². The largest absolute Gasteiger partial charge is 0.309 e. The van der Waals surface area contributed by atoms with Gasteiger partial charge in [-0.3, -0.25) is 0 Å². The van der Waals surface area contributed by atoms with E-state index in [-0.39, 0.29) is 0 Å². The number of anilines is 3. The normalized spacial score (nSPS) is 11.9. The second-order valence-corrected chi connectivity index (χ2v) is 18.2. The van der Waals surface area contributed by atoms with E-state index in [1.165, 1.54) is 107 Å². The first-order chi connectivity index (χ1) is 30.7. The molecule has 13 aromatic rings. The molecule has 0 atom stereocenters. The molecule has 0 aliphatic heterocycles. The summed E-state index contributed by atoms with van der Waals surface area (Å²) in [6.45, 7) is 0. The van der Waals surface area contributed by atoms with Crippen LogP contribution in [0.4, 0.5) is 17.1 Å². The molecular formula is C58H36N2S2. The standard InChI is InChI=1S/C58H36N2S2/c1-3-13-37(14-4-1)38-23-27-43(28-24-38)59(53-34-41-15-7-8-18-45(41)57-48-20-10-12-22-54(48)62-58(53)57)44-29-32-55-50(36-44)47-30-25-40(35-56(47)61-55)39-26-31-52-49(33-39)46-19-9-11-21-51(46)60(52)42-16-5-2-6-17-42/h1-36H. The number of fused-ring (bicyclic) bond motifs is 11. The van der Waals surface area contributed by atoms with Crippen molar-refractivity contribution in [3.63, 3.8) is 0 Å². The van der Waals surface area contributed by atoms with Gasteiger partial charge < -0.3 is 9.47 Å². The van der Waals surface area contributed by atoms with Gasteiger partial charge in [-0.15, -0.1) is 22.7 Å². The van der Waals surface area contributed by atoms with Crippen LogP contribution < -0.4 is 4.90 Å². The van der Waals surface area contributed by atoms with E-state index in [9.17, 15) is 0 Å². The van der Waals surface area contributed by atoms with Crippen molar-refractivity contribution in [2.75, 3.05) is 4.90 Å². The van der Waals surface area contributed by atoms with Crippen LogP contribution in [0.1, 0.15) is 0 Å². The minimum absolute atomic E-state index is 1.13. The SMILES string of the molecule is c1ccc(-c2ccc(N(c3ccc4sc5cc(-c6ccc7c(c6)c6ccccc6n7-c6ccccc6)ccc5c4c3)c3cc4ccccc4c4c3sc3ccccc34)cc2)cc1. The highest BCUT2D eigenvalue weighted by molar-refractivity contribution is 7.26. The number of hydrogen-bond donors (Lipinski definition) is 0. The van der Waals surface area contributed by atoms with Crippen LogP contribution in [0.3, 0.4) is 0 Å². The van der Waals surface area contributed by atoms with Crippen molar-refractivity contribution in [2.45, 2.75) is 0 Å². The van der Waals surface area contributed by atoms with Crippen molar-refractivity contribution >= 4 is 113 Å². The van der Waals surface area contributed by atoms with E-state index < -0.39 is 0 Å². The lowest BCUT2D eigenvalue weighted by Crippen LogP contribution is -2.10. The van der Waals surface area contributed by atoms with E-state index in [4.69, 9.17) is 0 Å². The topological polar surface area (TPSA) is 8.17 Å².